The number of hydrogen-bond acceptors (Lipinski definition) is 7. The zero-order chi connectivity index (χ0) is 14.8. The van der Waals surface area contributed by atoms with E-state index in [1.807, 2.05) is 0 Å². The molecule has 108 valence electrons. The Morgan fingerprint density at radius 3 is 2.16 bits per heavy atom. The van der Waals surface area contributed by atoms with Crippen molar-refractivity contribution in [3.8, 4) is 11.8 Å². The van der Waals surface area contributed by atoms with E-state index in [0.717, 1.165) is 12.1 Å². The first-order valence-corrected chi connectivity index (χ1v) is 6.46. The van der Waals surface area contributed by atoms with Crippen molar-refractivity contribution in [1.29, 1.82) is 0 Å². The molecule has 1 aromatic rings. The number of hydrogen-bond donors (Lipinski definition) is 3. The summed E-state index contributed by atoms with van der Waals surface area (Å²) >= 11 is 0. The molecule has 0 unspecified atom stereocenters. The van der Waals surface area contributed by atoms with E-state index < -0.39 is 33.8 Å². The van der Waals surface area contributed by atoms with Crippen LogP contribution in [0.5, 0.6) is 11.8 Å². The van der Waals surface area contributed by atoms with Crippen molar-refractivity contribution in [1.82, 2.24) is 9.45 Å². The van der Waals surface area contributed by atoms with Crippen LogP contribution in [-0.4, -0.2) is 35.1 Å². The van der Waals surface area contributed by atoms with E-state index in [1.165, 1.54) is 4.72 Å². The van der Waals surface area contributed by atoms with Crippen molar-refractivity contribution in [3.63, 3.8) is 0 Å². The molecule has 1 heterocycles. The Balaban J connectivity index is 2.76. The Morgan fingerprint density at radius 2 is 1.74 bits per heavy atom. The lowest BCUT2D eigenvalue weighted by Gasteiger charge is -2.19. The standard InChI is InChI=1S/C9H14N2O7S/c1-9(2,3)17-8(14)10-19(15,16)18-11-6(12)4-5-7(11)13/h4-5,12-13H,1-3H3,(H,10,14). The van der Waals surface area contributed by atoms with E-state index >= 15 is 0 Å². The van der Waals surface area contributed by atoms with E-state index in [9.17, 15) is 23.4 Å². The number of nitrogens with one attached hydrogen (secondary N) is 1. The first-order chi connectivity index (χ1) is 8.50. The average molecular weight is 294 g/mol. The number of aromatic nitrogens is 1. The van der Waals surface area contributed by atoms with E-state index in [4.69, 9.17) is 4.74 Å². The van der Waals surface area contributed by atoms with Crippen molar-refractivity contribution in [2.24, 2.45) is 0 Å². The molecule has 1 aromatic heterocycles. The van der Waals surface area contributed by atoms with Crippen molar-refractivity contribution < 1.29 is 32.4 Å². The van der Waals surface area contributed by atoms with Gasteiger partial charge in [-0.15, -0.1) is 0 Å². The van der Waals surface area contributed by atoms with Crippen LogP contribution in [0.3, 0.4) is 0 Å². The molecule has 0 aromatic carbocycles. The third-order valence-electron chi connectivity index (χ3n) is 1.58. The number of nitrogens with zero attached hydrogens (tertiary/aromatic N) is 1. The van der Waals surface area contributed by atoms with E-state index in [0.29, 0.717) is 0 Å². The van der Waals surface area contributed by atoms with Gasteiger partial charge in [-0.2, -0.15) is 13.1 Å². The molecule has 1 amide bonds. The molecule has 0 aliphatic rings. The maximum atomic E-state index is 11.4. The fourth-order valence-electron chi connectivity index (χ4n) is 0.996. The van der Waals surface area contributed by atoms with Crippen LogP contribution in [0.4, 0.5) is 4.79 Å². The molecule has 0 fully saturated rings. The molecule has 10 heteroatoms. The third-order valence-corrected chi connectivity index (χ3v) is 2.34. The van der Waals surface area contributed by atoms with Crippen LogP contribution in [0.1, 0.15) is 20.8 Å². The Bertz CT molecular complexity index is 550. The lowest BCUT2D eigenvalue weighted by atomic mass is 10.2. The van der Waals surface area contributed by atoms with Gasteiger partial charge in [0.25, 0.3) is 0 Å². The van der Waals surface area contributed by atoms with Gasteiger partial charge >= 0.3 is 16.4 Å². The molecular formula is C9H14N2O7S. The quantitative estimate of drug-likeness (QED) is 0.721. The number of carbonyl (C=O) groups excluding carboxylic acids is 1. The second kappa shape index (κ2) is 4.88. The van der Waals surface area contributed by atoms with Gasteiger partial charge in [-0.3, -0.25) is 4.28 Å². The first-order valence-electron chi connectivity index (χ1n) is 5.05. The zero-order valence-electron chi connectivity index (χ0n) is 10.4. The van der Waals surface area contributed by atoms with Crippen molar-refractivity contribution >= 4 is 16.4 Å². The topological polar surface area (TPSA) is 127 Å². The Labute approximate surface area is 109 Å². The van der Waals surface area contributed by atoms with Crippen molar-refractivity contribution in [2.45, 2.75) is 26.4 Å². The van der Waals surface area contributed by atoms with Gasteiger partial charge in [-0.1, -0.05) is 4.73 Å². The van der Waals surface area contributed by atoms with Crippen molar-refractivity contribution in [2.75, 3.05) is 0 Å². The highest BCUT2D eigenvalue weighted by Crippen LogP contribution is 2.19. The van der Waals surface area contributed by atoms with Gasteiger partial charge in [0.15, 0.2) is 0 Å². The second-order valence-electron chi connectivity index (χ2n) is 4.48. The summed E-state index contributed by atoms with van der Waals surface area (Å²) in [4.78, 5) is 11.2. The molecular weight excluding hydrogens is 280 g/mol. The summed E-state index contributed by atoms with van der Waals surface area (Å²) in [5.41, 5.74) is -0.892. The molecule has 0 aliphatic carbocycles. The normalized spacial score (nSPS) is 11.9. The Hall–Kier alpha value is -2.10. The highest BCUT2D eigenvalue weighted by molar-refractivity contribution is 7.85. The number of rotatable bonds is 3. The van der Waals surface area contributed by atoms with Crippen LogP contribution < -0.4 is 9.01 Å². The number of ether oxygens (including phenoxy) is 1. The zero-order valence-corrected chi connectivity index (χ0v) is 11.3. The highest BCUT2D eigenvalue weighted by Gasteiger charge is 2.24. The van der Waals surface area contributed by atoms with Gasteiger partial charge in [0.05, 0.1) is 0 Å². The van der Waals surface area contributed by atoms with Gasteiger partial charge in [-0.05, 0) is 20.8 Å². The van der Waals surface area contributed by atoms with E-state index in [-0.39, 0.29) is 4.73 Å². The van der Waals surface area contributed by atoms with Crippen LogP contribution in [0.25, 0.3) is 0 Å². The molecule has 19 heavy (non-hydrogen) atoms. The van der Waals surface area contributed by atoms with Gasteiger partial charge in [0.2, 0.25) is 11.8 Å². The first kappa shape index (κ1) is 15.0. The lowest BCUT2D eigenvalue weighted by Crippen LogP contribution is -2.40. The van der Waals surface area contributed by atoms with E-state index in [1.54, 1.807) is 20.8 Å². The molecule has 9 nitrogen and oxygen atoms in total. The molecule has 0 saturated carbocycles. The largest absolute Gasteiger partial charge is 0.492 e. The van der Waals surface area contributed by atoms with Crippen LogP contribution in [0.2, 0.25) is 0 Å². The molecule has 0 atom stereocenters. The molecule has 3 N–H and O–H groups in total. The Kier molecular flexibility index (Phi) is 3.84. The summed E-state index contributed by atoms with van der Waals surface area (Å²) in [7, 11) is -4.60. The van der Waals surface area contributed by atoms with Crippen molar-refractivity contribution in [3.05, 3.63) is 12.1 Å². The smallest absolute Gasteiger partial charge is 0.430 e. The fraction of sp³-hybridized carbons (Fsp3) is 0.444. The summed E-state index contributed by atoms with van der Waals surface area (Å²) in [6, 6.07) is 2.00. The van der Waals surface area contributed by atoms with Crippen LogP contribution in [0, 0.1) is 0 Å². The minimum atomic E-state index is -4.60. The van der Waals surface area contributed by atoms with Crippen LogP contribution in [0.15, 0.2) is 12.1 Å². The minimum Gasteiger partial charge on any atom is -0.492 e. The molecule has 0 saturated heterocycles. The summed E-state index contributed by atoms with van der Waals surface area (Å²) in [5, 5.41) is 18.4. The Morgan fingerprint density at radius 1 is 1.26 bits per heavy atom. The molecule has 0 bridgehead atoms. The molecule has 0 radical (unpaired) electrons. The molecule has 0 aliphatic heterocycles. The summed E-state index contributed by atoms with van der Waals surface area (Å²) < 4.78 is 33.5. The summed E-state index contributed by atoms with van der Waals surface area (Å²) in [6.45, 7) is 4.64. The predicted octanol–water partition coefficient (Wildman–Crippen LogP) is 0.0974. The average Bonchev–Trinajstić information content (AvgIpc) is 2.44. The number of carbonyl (C=O) groups is 1. The maximum Gasteiger partial charge on any atom is 0.430 e. The minimum absolute atomic E-state index is 0.215. The maximum absolute atomic E-state index is 11.4. The highest BCUT2D eigenvalue weighted by atomic mass is 32.2. The third kappa shape index (κ3) is 4.58. The fourth-order valence-corrected chi connectivity index (χ4v) is 1.63. The van der Waals surface area contributed by atoms with E-state index in [2.05, 4.69) is 4.28 Å². The number of aromatic hydroxyl groups is 2. The van der Waals surface area contributed by atoms with Gasteiger partial charge in [0.1, 0.15) is 5.60 Å². The summed E-state index contributed by atoms with van der Waals surface area (Å²) in [6.07, 6.45) is -1.25. The molecule has 1 rings (SSSR count). The van der Waals surface area contributed by atoms with Crippen LogP contribution in [-0.2, 0) is 15.0 Å². The monoisotopic (exact) mass is 294 g/mol. The predicted molar refractivity (Wildman–Crippen MR) is 62.6 cm³/mol. The molecule has 0 spiro atoms. The second-order valence-corrected chi connectivity index (χ2v) is 5.74. The van der Waals surface area contributed by atoms with Gasteiger partial charge in [0, 0.05) is 12.1 Å². The lowest BCUT2D eigenvalue weighted by molar-refractivity contribution is 0.0560. The number of amides is 1. The van der Waals surface area contributed by atoms with Gasteiger partial charge in [-0.25, -0.2) is 4.79 Å². The van der Waals surface area contributed by atoms with Gasteiger partial charge < -0.3 is 14.9 Å². The summed E-state index contributed by atoms with van der Waals surface area (Å²) in [5.74, 6) is -1.32. The van der Waals surface area contributed by atoms with Crippen LogP contribution >= 0.6 is 0 Å². The SMILES string of the molecule is CC(C)(C)OC(=O)NS(=O)(=O)On1c(O)ccc1O.